The lowest BCUT2D eigenvalue weighted by Gasteiger charge is -2.36. The Morgan fingerprint density at radius 3 is 2.72 bits per heavy atom. The number of piperazine rings is 1. The van der Waals surface area contributed by atoms with Gasteiger partial charge in [-0.05, 0) is 19.8 Å². The molecule has 0 atom stereocenters. The first kappa shape index (κ1) is 18.1. The second-order valence-electron chi connectivity index (χ2n) is 6.69. The summed E-state index contributed by atoms with van der Waals surface area (Å²) in [5.74, 6) is 1.10. The molecule has 8 heteroatoms. The van der Waals surface area contributed by atoms with Gasteiger partial charge in [-0.3, -0.25) is 14.7 Å². The van der Waals surface area contributed by atoms with Gasteiger partial charge in [0.05, 0.1) is 11.6 Å². The number of thiazole rings is 1. The SMILES string of the molecule is CN=C(NCCc1ncc(C)s1)N1CCN(CC(=O)NC2CC2)CC1. The molecule has 138 valence electrons. The maximum atomic E-state index is 11.9. The molecule has 0 bridgehead atoms. The van der Waals surface area contributed by atoms with Crippen molar-refractivity contribution >= 4 is 23.2 Å². The summed E-state index contributed by atoms with van der Waals surface area (Å²) in [4.78, 5) is 26.4. The van der Waals surface area contributed by atoms with Crippen molar-refractivity contribution in [1.29, 1.82) is 0 Å². The summed E-state index contributed by atoms with van der Waals surface area (Å²) < 4.78 is 0. The van der Waals surface area contributed by atoms with E-state index in [0.717, 1.165) is 63.0 Å². The molecular weight excluding hydrogens is 336 g/mol. The highest BCUT2D eigenvalue weighted by Gasteiger charge is 2.25. The number of aliphatic imine (C=N–C) groups is 1. The molecule has 1 aliphatic heterocycles. The number of aromatic nitrogens is 1. The average Bonchev–Trinajstić information content (AvgIpc) is 3.31. The number of nitrogens with zero attached hydrogens (tertiary/aromatic N) is 4. The van der Waals surface area contributed by atoms with Crippen molar-refractivity contribution in [3.05, 3.63) is 16.1 Å². The van der Waals surface area contributed by atoms with E-state index in [1.165, 1.54) is 4.88 Å². The molecule has 1 saturated heterocycles. The number of nitrogens with one attached hydrogen (secondary N) is 2. The molecule has 3 rings (SSSR count). The van der Waals surface area contributed by atoms with E-state index in [1.54, 1.807) is 11.3 Å². The molecule has 2 aliphatic rings. The van der Waals surface area contributed by atoms with Crippen molar-refractivity contribution in [1.82, 2.24) is 25.4 Å². The summed E-state index contributed by atoms with van der Waals surface area (Å²) in [5, 5.41) is 7.65. The fourth-order valence-electron chi connectivity index (χ4n) is 2.95. The molecule has 0 aromatic carbocycles. The van der Waals surface area contributed by atoms with Crippen molar-refractivity contribution in [2.75, 3.05) is 46.3 Å². The Balaban J connectivity index is 1.37. The maximum Gasteiger partial charge on any atom is 0.234 e. The van der Waals surface area contributed by atoms with E-state index in [0.29, 0.717) is 12.6 Å². The highest BCUT2D eigenvalue weighted by atomic mass is 32.1. The van der Waals surface area contributed by atoms with Crippen LogP contribution >= 0.6 is 11.3 Å². The van der Waals surface area contributed by atoms with Gasteiger partial charge in [-0.2, -0.15) is 0 Å². The fraction of sp³-hybridized carbons (Fsp3) is 0.706. The molecular formula is C17H28N6OS. The van der Waals surface area contributed by atoms with Crippen LogP contribution in [0.5, 0.6) is 0 Å². The molecule has 2 heterocycles. The molecule has 1 aliphatic carbocycles. The molecule has 0 radical (unpaired) electrons. The van der Waals surface area contributed by atoms with Gasteiger partial charge < -0.3 is 15.5 Å². The first-order valence-electron chi connectivity index (χ1n) is 9.02. The van der Waals surface area contributed by atoms with Gasteiger partial charge in [-0.1, -0.05) is 0 Å². The normalized spacial score (nSPS) is 19.1. The Bertz CT molecular complexity index is 604. The Kier molecular flexibility index (Phi) is 6.25. The summed E-state index contributed by atoms with van der Waals surface area (Å²) in [6.07, 6.45) is 5.12. The number of hydrogen-bond donors (Lipinski definition) is 2. The van der Waals surface area contributed by atoms with Crippen molar-refractivity contribution in [3.63, 3.8) is 0 Å². The lowest BCUT2D eigenvalue weighted by atomic mass is 10.3. The third-order valence-corrected chi connectivity index (χ3v) is 5.46. The van der Waals surface area contributed by atoms with Gasteiger partial charge in [0.1, 0.15) is 0 Å². The monoisotopic (exact) mass is 364 g/mol. The number of amides is 1. The Hall–Kier alpha value is -1.67. The van der Waals surface area contributed by atoms with Crippen molar-refractivity contribution in [2.45, 2.75) is 32.2 Å². The quantitative estimate of drug-likeness (QED) is 0.567. The van der Waals surface area contributed by atoms with Gasteiger partial charge >= 0.3 is 0 Å². The Labute approximate surface area is 153 Å². The molecule has 1 amide bonds. The number of carbonyl (C=O) groups is 1. The Morgan fingerprint density at radius 1 is 1.36 bits per heavy atom. The molecule has 0 unspecified atom stereocenters. The van der Waals surface area contributed by atoms with E-state index in [2.05, 4.69) is 37.3 Å². The molecule has 7 nitrogen and oxygen atoms in total. The van der Waals surface area contributed by atoms with Crippen molar-refractivity contribution in [3.8, 4) is 0 Å². The zero-order valence-corrected chi connectivity index (χ0v) is 15.9. The van der Waals surface area contributed by atoms with Crippen LogP contribution in [0.15, 0.2) is 11.2 Å². The van der Waals surface area contributed by atoms with Gasteiger partial charge in [0.25, 0.3) is 0 Å². The summed E-state index contributed by atoms with van der Waals surface area (Å²) in [7, 11) is 1.82. The second kappa shape index (κ2) is 8.62. The lowest BCUT2D eigenvalue weighted by molar-refractivity contribution is -0.122. The summed E-state index contributed by atoms with van der Waals surface area (Å²) in [6, 6.07) is 0.443. The van der Waals surface area contributed by atoms with Gasteiger partial charge in [-0.15, -0.1) is 11.3 Å². The maximum absolute atomic E-state index is 11.9. The van der Waals surface area contributed by atoms with E-state index in [9.17, 15) is 4.79 Å². The van der Waals surface area contributed by atoms with Crippen LogP contribution in [0.25, 0.3) is 0 Å². The van der Waals surface area contributed by atoms with Gasteiger partial charge in [0.15, 0.2) is 5.96 Å². The fourth-order valence-corrected chi connectivity index (χ4v) is 3.74. The molecule has 25 heavy (non-hydrogen) atoms. The number of carbonyl (C=O) groups excluding carboxylic acids is 1. The third-order valence-electron chi connectivity index (χ3n) is 4.48. The predicted molar refractivity (Wildman–Crippen MR) is 101 cm³/mol. The van der Waals surface area contributed by atoms with Crippen LogP contribution < -0.4 is 10.6 Å². The smallest absolute Gasteiger partial charge is 0.234 e. The second-order valence-corrected chi connectivity index (χ2v) is 8.01. The summed E-state index contributed by atoms with van der Waals surface area (Å²) >= 11 is 1.75. The lowest BCUT2D eigenvalue weighted by Crippen LogP contribution is -2.54. The summed E-state index contributed by atoms with van der Waals surface area (Å²) in [5.41, 5.74) is 0. The third kappa shape index (κ3) is 5.67. The van der Waals surface area contributed by atoms with Crippen LogP contribution in [0.3, 0.4) is 0 Å². The molecule has 1 aromatic heterocycles. The minimum Gasteiger partial charge on any atom is -0.356 e. The highest BCUT2D eigenvalue weighted by molar-refractivity contribution is 7.11. The average molecular weight is 365 g/mol. The molecule has 1 aromatic rings. The van der Waals surface area contributed by atoms with Crippen molar-refractivity contribution < 1.29 is 4.79 Å². The van der Waals surface area contributed by atoms with Crippen LogP contribution in [0, 0.1) is 6.92 Å². The predicted octanol–water partition coefficient (Wildman–Crippen LogP) is 0.466. The van der Waals surface area contributed by atoms with Gasteiger partial charge in [0, 0.05) is 63.3 Å². The van der Waals surface area contributed by atoms with Crippen molar-refractivity contribution in [2.24, 2.45) is 4.99 Å². The molecule has 0 spiro atoms. The van der Waals surface area contributed by atoms with E-state index < -0.39 is 0 Å². The molecule has 2 fully saturated rings. The first-order valence-corrected chi connectivity index (χ1v) is 9.84. The van der Waals surface area contributed by atoms with E-state index in [4.69, 9.17) is 0 Å². The van der Waals surface area contributed by atoms with Crippen LogP contribution in [0.4, 0.5) is 0 Å². The van der Waals surface area contributed by atoms with E-state index in [-0.39, 0.29) is 5.91 Å². The molecule has 2 N–H and O–H groups in total. The van der Waals surface area contributed by atoms with Crippen LogP contribution in [-0.4, -0.2) is 79.0 Å². The number of guanidine groups is 1. The van der Waals surface area contributed by atoms with Gasteiger partial charge in [-0.25, -0.2) is 4.98 Å². The topological polar surface area (TPSA) is 72.9 Å². The van der Waals surface area contributed by atoms with E-state index >= 15 is 0 Å². The zero-order valence-electron chi connectivity index (χ0n) is 15.1. The number of hydrogen-bond acceptors (Lipinski definition) is 5. The summed E-state index contributed by atoms with van der Waals surface area (Å²) in [6.45, 7) is 7.01. The van der Waals surface area contributed by atoms with E-state index in [1.807, 2.05) is 13.2 Å². The highest BCUT2D eigenvalue weighted by Crippen LogP contribution is 2.18. The van der Waals surface area contributed by atoms with Crippen LogP contribution in [0.2, 0.25) is 0 Å². The Morgan fingerprint density at radius 2 is 2.12 bits per heavy atom. The molecule has 1 saturated carbocycles. The minimum atomic E-state index is 0.164. The zero-order chi connectivity index (χ0) is 17.6. The number of aryl methyl sites for hydroxylation is 1. The number of rotatable bonds is 6. The van der Waals surface area contributed by atoms with Crippen LogP contribution in [0.1, 0.15) is 22.7 Å². The largest absolute Gasteiger partial charge is 0.356 e. The van der Waals surface area contributed by atoms with Gasteiger partial charge in [0.2, 0.25) is 5.91 Å². The van der Waals surface area contributed by atoms with Crippen LogP contribution in [-0.2, 0) is 11.2 Å². The standard InChI is InChI=1S/C17H28N6OS/c1-13-11-20-16(25-13)5-6-19-17(18-2)23-9-7-22(8-10-23)12-15(24)21-14-3-4-14/h11,14H,3-10,12H2,1-2H3,(H,18,19)(H,21,24). The minimum absolute atomic E-state index is 0.164. The first-order chi connectivity index (χ1) is 12.1.